The van der Waals surface area contributed by atoms with Crippen molar-refractivity contribution in [3.05, 3.63) is 57.5 Å². The van der Waals surface area contributed by atoms with Gasteiger partial charge in [0.2, 0.25) is 11.7 Å². The molecule has 0 bridgehead atoms. The molecular weight excluding hydrogens is 455 g/mol. The average Bonchev–Trinajstić information content (AvgIpc) is 2.73. The summed E-state index contributed by atoms with van der Waals surface area (Å²) in [4.78, 5) is 43.1. The van der Waals surface area contributed by atoms with Crippen LogP contribution in [0.3, 0.4) is 0 Å². The number of amides is 2. The van der Waals surface area contributed by atoms with Gasteiger partial charge in [0.15, 0.2) is 15.5 Å². The first-order valence-corrected chi connectivity index (χ1v) is 11.8. The lowest BCUT2D eigenvalue weighted by molar-refractivity contribution is -0.129. The van der Waals surface area contributed by atoms with Crippen LogP contribution in [0.25, 0.3) is 0 Å². The van der Waals surface area contributed by atoms with Gasteiger partial charge in [-0.15, -0.1) is 0 Å². The molecule has 2 aromatic rings. The average molecular weight is 483 g/mol. The Bertz CT molecular complexity index is 1210. The van der Waals surface area contributed by atoms with Crippen molar-refractivity contribution in [3.8, 4) is 5.75 Å². The minimum absolute atomic E-state index is 0. The molecule has 33 heavy (non-hydrogen) atoms. The topological polar surface area (TPSA) is 139 Å². The summed E-state index contributed by atoms with van der Waals surface area (Å²) < 4.78 is 37.2. The summed E-state index contributed by atoms with van der Waals surface area (Å²) in [6.07, 6.45) is 1.84. The number of carbonyl (C=O) groups excluding carboxylic acids is 2. The summed E-state index contributed by atoms with van der Waals surface area (Å²) in [7, 11) is -2.16. The third-order valence-corrected chi connectivity index (χ3v) is 5.93. The summed E-state index contributed by atoms with van der Waals surface area (Å²) in [5, 5.41) is 12.8. The fourth-order valence-electron chi connectivity index (χ4n) is 3.50. The number of hydrogen-bond donors (Lipinski definition) is 2. The monoisotopic (exact) mass is 482 g/mol. The van der Waals surface area contributed by atoms with E-state index in [1.807, 2.05) is 0 Å². The van der Waals surface area contributed by atoms with Crippen molar-refractivity contribution < 1.29 is 27.5 Å². The van der Waals surface area contributed by atoms with E-state index in [9.17, 15) is 32.3 Å². The number of nitrogens with one attached hydrogen (secondary N) is 1. The van der Waals surface area contributed by atoms with Crippen molar-refractivity contribution >= 4 is 21.7 Å². The molecule has 1 aliphatic rings. The highest BCUT2D eigenvalue weighted by atomic mass is 32.2. The van der Waals surface area contributed by atoms with Crippen LogP contribution in [0, 0.1) is 5.82 Å². The van der Waals surface area contributed by atoms with E-state index < -0.39 is 56.3 Å². The van der Waals surface area contributed by atoms with E-state index in [0.717, 1.165) is 6.26 Å². The molecule has 0 radical (unpaired) electrons. The first-order valence-electron chi connectivity index (χ1n) is 9.77. The van der Waals surface area contributed by atoms with Gasteiger partial charge in [-0.3, -0.25) is 19.0 Å². The maximum atomic E-state index is 13.0. The van der Waals surface area contributed by atoms with Crippen molar-refractivity contribution in [3.63, 3.8) is 0 Å². The van der Waals surface area contributed by atoms with Crippen LogP contribution in [0.1, 0.15) is 48.2 Å². The minimum Gasteiger partial charge on any atom is -0.501 e. The largest absolute Gasteiger partial charge is 0.501 e. The van der Waals surface area contributed by atoms with Gasteiger partial charge >= 0.3 is 0 Å². The molecule has 0 fully saturated rings. The van der Waals surface area contributed by atoms with Crippen LogP contribution in [0.15, 0.2) is 29.1 Å². The Hall–Kier alpha value is -3.28. The fourth-order valence-corrected chi connectivity index (χ4v) is 4.15. The van der Waals surface area contributed by atoms with E-state index in [4.69, 9.17) is 0 Å². The number of benzene rings is 1. The summed E-state index contributed by atoms with van der Waals surface area (Å²) in [5.41, 5.74) is -0.729. The number of sulfone groups is 1. The van der Waals surface area contributed by atoms with Gasteiger partial charge in [-0.2, -0.15) is 0 Å². The SMILES string of the molecule is C.CN(C(=O)CS(C)(=O)=O)C1CCCn2c1nc(C(=O)NCc1ccc(F)cc1)c(O)c2=O. The molecule has 2 amide bonds. The number of rotatable bonds is 6. The van der Waals surface area contributed by atoms with E-state index in [2.05, 4.69) is 10.3 Å². The second-order valence-electron chi connectivity index (χ2n) is 7.67. The zero-order valence-electron chi connectivity index (χ0n) is 17.5. The van der Waals surface area contributed by atoms with Gasteiger partial charge in [-0.25, -0.2) is 17.8 Å². The summed E-state index contributed by atoms with van der Waals surface area (Å²) >= 11 is 0. The highest BCUT2D eigenvalue weighted by Gasteiger charge is 2.33. The summed E-state index contributed by atoms with van der Waals surface area (Å²) in [6, 6.07) is 4.67. The summed E-state index contributed by atoms with van der Waals surface area (Å²) in [5.74, 6) is -3.35. The van der Waals surface area contributed by atoms with Crippen LogP contribution in [0.4, 0.5) is 4.39 Å². The molecular formula is C21H27FN4O6S. The molecule has 3 rings (SSSR count). The number of aromatic hydroxyl groups is 1. The minimum atomic E-state index is -3.57. The van der Waals surface area contributed by atoms with E-state index in [-0.39, 0.29) is 26.3 Å². The van der Waals surface area contributed by atoms with Gasteiger partial charge in [-0.1, -0.05) is 19.6 Å². The molecule has 1 atom stereocenters. The molecule has 180 valence electrons. The Kier molecular flexibility index (Phi) is 7.96. The standard InChI is InChI=1S/C20H23FN4O6S.CH4/c1-24(15(26)11-32(2,30)31)14-4-3-9-25-18(14)23-16(17(27)20(25)29)19(28)22-10-12-5-7-13(21)8-6-12;/h5-8,14,27H,3-4,9-11H2,1-2H3,(H,22,28);1H4. The van der Waals surface area contributed by atoms with E-state index >= 15 is 0 Å². The quantitative estimate of drug-likeness (QED) is 0.626. The highest BCUT2D eigenvalue weighted by Crippen LogP contribution is 2.29. The van der Waals surface area contributed by atoms with E-state index in [1.165, 1.54) is 40.8 Å². The second-order valence-corrected chi connectivity index (χ2v) is 9.81. The third-order valence-electron chi connectivity index (χ3n) is 5.16. The highest BCUT2D eigenvalue weighted by molar-refractivity contribution is 7.91. The third kappa shape index (κ3) is 5.95. The van der Waals surface area contributed by atoms with Crippen molar-refractivity contribution in [1.82, 2.24) is 19.8 Å². The van der Waals surface area contributed by atoms with Crippen molar-refractivity contribution in [2.75, 3.05) is 19.1 Å². The maximum Gasteiger partial charge on any atom is 0.296 e. The lowest BCUT2D eigenvalue weighted by atomic mass is 10.0. The van der Waals surface area contributed by atoms with Crippen LogP contribution in [0.5, 0.6) is 5.75 Å². The van der Waals surface area contributed by atoms with Crippen LogP contribution in [-0.2, 0) is 27.7 Å². The lowest BCUT2D eigenvalue weighted by Crippen LogP contribution is -2.42. The normalized spacial score (nSPS) is 15.2. The van der Waals surface area contributed by atoms with Crippen molar-refractivity contribution in [2.24, 2.45) is 0 Å². The van der Waals surface area contributed by atoms with E-state index in [0.29, 0.717) is 18.4 Å². The first-order chi connectivity index (χ1) is 15.0. The van der Waals surface area contributed by atoms with Crippen molar-refractivity contribution in [1.29, 1.82) is 0 Å². The van der Waals surface area contributed by atoms with Gasteiger partial charge in [0, 0.05) is 26.4 Å². The molecule has 1 unspecified atom stereocenters. The van der Waals surface area contributed by atoms with Gasteiger partial charge < -0.3 is 15.3 Å². The Balaban J connectivity index is 0.00000385. The number of nitrogens with zero attached hydrogens (tertiary/aromatic N) is 3. The Morgan fingerprint density at radius 3 is 2.55 bits per heavy atom. The number of aromatic nitrogens is 2. The van der Waals surface area contributed by atoms with Gasteiger partial charge in [0.25, 0.3) is 11.5 Å². The van der Waals surface area contributed by atoms with Crippen LogP contribution in [-0.4, -0.2) is 58.8 Å². The van der Waals surface area contributed by atoms with Crippen LogP contribution < -0.4 is 10.9 Å². The lowest BCUT2D eigenvalue weighted by Gasteiger charge is -2.33. The molecule has 1 aromatic heterocycles. The molecule has 2 heterocycles. The Labute approximate surface area is 191 Å². The number of carbonyl (C=O) groups is 2. The molecule has 12 heteroatoms. The molecule has 0 spiro atoms. The second kappa shape index (κ2) is 10.1. The van der Waals surface area contributed by atoms with Crippen LogP contribution >= 0.6 is 0 Å². The maximum absolute atomic E-state index is 13.0. The zero-order chi connectivity index (χ0) is 23.6. The fraction of sp³-hybridized carbons (Fsp3) is 0.429. The molecule has 0 saturated heterocycles. The summed E-state index contributed by atoms with van der Waals surface area (Å²) in [6.45, 7) is 0.242. The number of fused-ring (bicyclic) bond motifs is 1. The van der Waals surface area contributed by atoms with Crippen molar-refractivity contribution in [2.45, 2.75) is 39.4 Å². The molecule has 0 aliphatic carbocycles. The molecule has 0 saturated carbocycles. The molecule has 10 nitrogen and oxygen atoms in total. The number of hydrogen-bond acceptors (Lipinski definition) is 7. The van der Waals surface area contributed by atoms with Gasteiger partial charge in [0.05, 0.1) is 6.04 Å². The predicted molar refractivity (Wildman–Crippen MR) is 119 cm³/mol. The van der Waals surface area contributed by atoms with Gasteiger partial charge in [-0.05, 0) is 30.5 Å². The smallest absolute Gasteiger partial charge is 0.296 e. The zero-order valence-corrected chi connectivity index (χ0v) is 18.4. The van der Waals surface area contributed by atoms with E-state index in [1.54, 1.807) is 0 Å². The molecule has 1 aliphatic heterocycles. The molecule has 1 aromatic carbocycles. The van der Waals surface area contributed by atoms with Gasteiger partial charge in [0.1, 0.15) is 17.4 Å². The first kappa shape index (κ1) is 26.0. The van der Waals surface area contributed by atoms with Crippen LogP contribution in [0.2, 0.25) is 0 Å². The molecule has 2 N–H and O–H groups in total. The number of halogens is 1. The predicted octanol–water partition coefficient (Wildman–Crippen LogP) is 0.992. The Morgan fingerprint density at radius 1 is 1.30 bits per heavy atom. The Morgan fingerprint density at radius 2 is 1.94 bits per heavy atom.